The van der Waals surface area contributed by atoms with E-state index in [4.69, 9.17) is 27.9 Å². The molecule has 0 bridgehead atoms. The van der Waals surface area contributed by atoms with E-state index in [0.29, 0.717) is 20.9 Å². The summed E-state index contributed by atoms with van der Waals surface area (Å²) in [6.45, 7) is -0.131. The van der Waals surface area contributed by atoms with Crippen LogP contribution in [0, 0.1) is 0 Å². The third kappa shape index (κ3) is 3.58. The summed E-state index contributed by atoms with van der Waals surface area (Å²) < 4.78 is 6.50. The molecular formula is C16H12Cl2N2O2S. The summed E-state index contributed by atoms with van der Waals surface area (Å²) in [5.41, 5.74) is 0.869. The number of hydrogen-bond acceptors (Lipinski definition) is 4. The Kier molecular flexibility index (Phi) is 4.71. The summed E-state index contributed by atoms with van der Waals surface area (Å²) in [5, 5.41) is 1.51. The summed E-state index contributed by atoms with van der Waals surface area (Å²) in [6, 6.07) is 12.6. The zero-order chi connectivity index (χ0) is 16.4. The molecule has 0 aliphatic rings. The number of halogens is 2. The van der Waals surface area contributed by atoms with Crippen LogP contribution in [0.25, 0.3) is 10.2 Å². The quantitative estimate of drug-likeness (QED) is 0.674. The molecule has 1 heterocycles. The maximum atomic E-state index is 12.3. The molecule has 1 aromatic heterocycles. The van der Waals surface area contributed by atoms with Gasteiger partial charge in [-0.25, -0.2) is 4.98 Å². The van der Waals surface area contributed by atoms with E-state index in [2.05, 4.69) is 4.98 Å². The molecule has 23 heavy (non-hydrogen) atoms. The molecule has 0 aliphatic heterocycles. The number of aromatic nitrogens is 1. The minimum atomic E-state index is -0.213. The Bertz CT molecular complexity index is 833. The lowest BCUT2D eigenvalue weighted by molar-refractivity contribution is -0.120. The first-order valence-corrected chi connectivity index (χ1v) is 8.32. The van der Waals surface area contributed by atoms with E-state index < -0.39 is 0 Å². The van der Waals surface area contributed by atoms with Crippen LogP contribution in [-0.4, -0.2) is 24.5 Å². The average Bonchev–Trinajstić information content (AvgIpc) is 2.97. The van der Waals surface area contributed by atoms with E-state index in [1.54, 1.807) is 25.2 Å². The molecule has 0 aliphatic carbocycles. The van der Waals surface area contributed by atoms with Gasteiger partial charge in [0.15, 0.2) is 11.7 Å². The second-order valence-electron chi connectivity index (χ2n) is 4.78. The molecule has 118 valence electrons. The van der Waals surface area contributed by atoms with Crippen molar-refractivity contribution in [3.05, 3.63) is 52.5 Å². The molecule has 0 fully saturated rings. The largest absolute Gasteiger partial charge is 0.482 e. The van der Waals surface area contributed by atoms with Crippen molar-refractivity contribution >= 4 is 55.8 Å². The Morgan fingerprint density at radius 3 is 2.78 bits per heavy atom. The maximum Gasteiger partial charge on any atom is 0.266 e. The smallest absolute Gasteiger partial charge is 0.266 e. The third-order valence-electron chi connectivity index (χ3n) is 3.19. The van der Waals surface area contributed by atoms with Crippen LogP contribution in [-0.2, 0) is 4.79 Å². The molecule has 0 unspecified atom stereocenters. The van der Waals surface area contributed by atoms with Crippen molar-refractivity contribution in [3.8, 4) is 5.75 Å². The number of ether oxygens (including phenoxy) is 1. The predicted octanol–water partition coefficient (Wildman–Crippen LogP) is 4.64. The van der Waals surface area contributed by atoms with Gasteiger partial charge in [0.1, 0.15) is 5.75 Å². The van der Waals surface area contributed by atoms with Gasteiger partial charge in [-0.2, -0.15) is 0 Å². The molecule has 0 radical (unpaired) electrons. The number of benzene rings is 2. The zero-order valence-electron chi connectivity index (χ0n) is 12.1. The number of nitrogens with zero attached hydrogens (tertiary/aromatic N) is 2. The Morgan fingerprint density at radius 1 is 1.26 bits per heavy atom. The van der Waals surface area contributed by atoms with Gasteiger partial charge in [0.25, 0.3) is 5.91 Å². The first-order valence-electron chi connectivity index (χ1n) is 6.74. The van der Waals surface area contributed by atoms with Crippen LogP contribution < -0.4 is 9.64 Å². The van der Waals surface area contributed by atoms with Gasteiger partial charge in [0, 0.05) is 12.1 Å². The van der Waals surface area contributed by atoms with E-state index in [-0.39, 0.29) is 12.5 Å². The van der Waals surface area contributed by atoms with Crippen molar-refractivity contribution < 1.29 is 9.53 Å². The number of fused-ring (bicyclic) bond motifs is 1. The number of amides is 1. The fourth-order valence-electron chi connectivity index (χ4n) is 1.94. The van der Waals surface area contributed by atoms with Crippen molar-refractivity contribution in [1.82, 2.24) is 4.98 Å². The topological polar surface area (TPSA) is 42.4 Å². The van der Waals surface area contributed by atoms with Gasteiger partial charge in [-0.15, -0.1) is 0 Å². The monoisotopic (exact) mass is 366 g/mol. The molecule has 2 aromatic carbocycles. The van der Waals surface area contributed by atoms with Gasteiger partial charge in [0.2, 0.25) is 0 Å². The lowest BCUT2D eigenvalue weighted by Gasteiger charge is -2.14. The van der Waals surface area contributed by atoms with Crippen LogP contribution in [0.1, 0.15) is 0 Å². The predicted molar refractivity (Wildman–Crippen MR) is 95.0 cm³/mol. The lowest BCUT2D eigenvalue weighted by atomic mass is 10.3. The summed E-state index contributed by atoms with van der Waals surface area (Å²) in [4.78, 5) is 18.2. The summed E-state index contributed by atoms with van der Waals surface area (Å²) in [7, 11) is 1.67. The molecule has 0 N–H and O–H groups in total. The van der Waals surface area contributed by atoms with Gasteiger partial charge in [-0.05, 0) is 30.3 Å². The van der Waals surface area contributed by atoms with Crippen LogP contribution in [0.5, 0.6) is 5.75 Å². The first-order chi connectivity index (χ1) is 11.0. The zero-order valence-corrected chi connectivity index (χ0v) is 14.5. The van der Waals surface area contributed by atoms with Crippen LogP contribution in [0.3, 0.4) is 0 Å². The fraction of sp³-hybridized carbons (Fsp3) is 0.125. The van der Waals surface area contributed by atoms with Gasteiger partial charge in [-0.3, -0.25) is 9.69 Å². The van der Waals surface area contributed by atoms with E-state index in [1.807, 2.05) is 24.3 Å². The Labute approximate surface area is 147 Å². The minimum absolute atomic E-state index is 0.131. The van der Waals surface area contributed by atoms with Crippen molar-refractivity contribution in [1.29, 1.82) is 0 Å². The number of thiazole rings is 1. The van der Waals surface area contributed by atoms with Gasteiger partial charge < -0.3 is 4.74 Å². The average molecular weight is 367 g/mol. The number of anilines is 1. The van der Waals surface area contributed by atoms with Crippen molar-refractivity contribution in [2.75, 3.05) is 18.6 Å². The van der Waals surface area contributed by atoms with Crippen LogP contribution in [0.2, 0.25) is 10.0 Å². The van der Waals surface area contributed by atoms with Crippen LogP contribution in [0.4, 0.5) is 5.13 Å². The first kappa shape index (κ1) is 16.1. The van der Waals surface area contributed by atoms with Gasteiger partial charge in [0.05, 0.1) is 15.2 Å². The van der Waals surface area contributed by atoms with Gasteiger partial charge >= 0.3 is 0 Å². The van der Waals surface area contributed by atoms with Crippen LogP contribution >= 0.6 is 34.5 Å². The van der Waals surface area contributed by atoms with E-state index in [1.165, 1.54) is 16.2 Å². The van der Waals surface area contributed by atoms with Gasteiger partial charge in [-0.1, -0.05) is 46.7 Å². The van der Waals surface area contributed by atoms with E-state index >= 15 is 0 Å². The normalized spacial score (nSPS) is 10.7. The highest BCUT2D eigenvalue weighted by Crippen LogP contribution is 2.29. The Hall–Kier alpha value is -1.82. The van der Waals surface area contributed by atoms with Crippen molar-refractivity contribution in [3.63, 3.8) is 0 Å². The highest BCUT2D eigenvalue weighted by atomic mass is 35.5. The number of carbonyl (C=O) groups excluding carboxylic acids is 1. The number of likely N-dealkylation sites (N-methyl/N-ethyl adjacent to an activating group) is 1. The molecule has 4 nitrogen and oxygen atoms in total. The molecule has 0 saturated heterocycles. The van der Waals surface area contributed by atoms with Crippen LogP contribution in [0.15, 0.2) is 42.5 Å². The lowest BCUT2D eigenvalue weighted by Crippen LogP contribution is -2.31. The molecule has 7 heteroatoms. The second kappa shape index (κ2) is 6.74. The van der Waals surface area contributed by atoms with E-state index in [9.17, 15) is 4.79 Å². The number of para-hydroxylation sites is 1. The molecular weight excluding hydrogens is 355 g/mol. The molecule has 3 aromatic rings. The number of carbonyl (C=O) groups is 1. The SMILES string of the molecule is CN(C(=O)COc1ccc(Cl)cc1Cl)c1nc2ccccc2s1. The van der Waals surface area contributed by atoms with Crippen molar-refractivity contribution in [2.45, 2.75) is 0 Å². The van der Waals surface area contributed by atoms with Crippen molar-refractivity contribution in [2.24, 2.45) is 0 Å². The Morgan fingerprint density at radius 2 is 2.04 bits per heavy atom. The molecule has 0 saturated carbocycles. The minimum Gasteiger partial charge on any atom is -0.482 e. The summed E-state index contributed by atoms with van der Waals surface area (Å²) >= 11 is 13.3. The Balaban J connectivity index is 1.69. The number of rotatable bonds is 4. The highest BCUT2D eigenvalue weighted by Gasteiger charge is 2.16. The molecule has 3 rings (SSSR count). The fourth-order valence-corrected chi connectivity index (χ4v) is 3.35. The number of hydrogen-bond donors (Lipinski definition) is 0. The van der Waals surface area contributed by atoms with E-state index in [0.717, 1.165) is 10.2 Å². The second-order valence-corrected chi connectivity index (χ2v) is 6.63. The standard InChI is InChI=1S/C16H12Cl2N2O2S/c1-20(16-19-12-4-2-3-5-14(12)23-16)15(21)9-22-13-7-6-10(17)8-11(13)18/h2-8H,9H2,1H3. The molecule has 0 spiro atoms. The summed E-state index contributed by atoms with van der Waals surface area (Å²) in [6.07, 6.45) is 0. The maximum absolute atomic E-state index is 12.3. The molecule has 1 amide bonds. The third-order valence-corrected chi connectivity index (χ3v) is 4.83. The summed E-state index contributed by atoms with van der Waals surface area (Å²) in [5.74, 6) is 0.206. The molecule has 0 atom stereocenters. The highest BCUT2D eigenvalue weighted by molar-refractivity contribution is 7.22.